The summed E-state index contributed by atoms with van der Waals surface area (Å²) in [5.41, 5.74) is 4.61. The summed E-state index contributed by atoms with van der Waals surface area (Å²) in [6, 6.07) is 16.2. The molecule has 2 aromatic carbocycles. The van der Waals surface area contributed by atoms with Gasteiger partial charge in [-0.3, -0.25) is 9.69 Å². The fourth-order valence-electron chi connectivity index (χ4n) is 4.81. The van der Waals surface area contributed by atoms with Crippen molar-refractivity contribution >= 4 is 40.3 Å². The molecule has 1 saturated heterocycles. The van der Waals surface area contributed by atoms with E-state index in [0.29, 0.717) is 15.8 Å². The summed E-state index contributed by atoms with van der Waals surface area (Å²) in [6.07, 6.45) is 11.3. The Morgan fingerprint density at radius 2 is 1.94 bits per heavy atom. The highest BCUT2D eigenvalue weighted by Crippen LogP contribution is 2.39. The molecular weight excluding hydrogens is 486 g/mol. The van der Waals surface area contributed by atoms with Gasteiger partial charge in [-0.25, -0.2) is 4.68 Å². The minimum Gasteiger partial charge on any atom is -0.489 e. The van der Waals surface area contributed by atoms with Crippen LogP contribution in [0, 0.1) is 6.92 Å². The van der Waals surface area contributed by atoms with Gasteiger partial charge in [-0.2, -0.15) is 5.10 Å². The molecule has 2 aliphatic rings. The van der Waals surface area contributed by atoms with Crippen molar-refractivity contribution in [2.45, 2.75) is 45.1 Å². The molecule has 0 bridgehead atoms. The summed E-state index contributed by atoms with van der Waals surface area (Å²) < 4.78 is 8.28. The summed E-state index contributed by atoms with van der Waals surface area (Å²) in [4.78, 5) is 15.9. The Balaban J connectivity index is 1.53. The fourth-order valence-corrected chi connectivity index (χ4v) is 6.20. The van der Waals surface area contributed by atoms with Crippen molar-refractivity contribution in [3.63, 3.8) is 0 Å². The van der Waals surface area contributed by atoms with E-state index < -0.39 is 0 Å². The van der Waals surface area contributed by atoms with Crippen LogP contribution in [0.1, 0.15) is 43.2 Å². The SMILES string of the molecule is C=CCOc1ccc(-c2nn(-c3ccccc3)cc2C=C2SC(=S)N(C3CCCCC3)C2=O)cc1C. The largest absolute Gasteiger partial charge is 0.489 e. The number of aromatic nitrogens is 2. The second kappa shape index (κ2) is 10.8. The number of aryl methyl sites for hydroxylation is 1. The Morgan fingerprint density at radius 3 is 2.67 bits per heavy atom. The van der Waals surface area contributed by atoms with E-state index in [9.17, 15) is 4.79 Å². The second-order valence-electron chi connectivity index (χ2n) is 9.14. The summed E-state index contributed by atoms with van der Waals surface area (Å²) in [5.74, 6) is 0.829. The molecule has 36 heavy (non-hydrogen) atoms. The van der Waals surface area contributed by atoms with E-state index >= 15 is 0 Å². The van der Waals surface area contributed by atoms with Gasteiger partial charge in [-0.15, -0.1) is 0 Å². The van der Waals surface area contributed by atoms with Crippen LogP contribution in [-0.2, 0) is 4.79 Å². The molecule has 3 aromatic rings. The zero-order valence-electron chi connectivity index (χ0n) is 20.4. The number of carbonyl (C=O) groups is 1. The molecule has 2 fully saturated rings. The number of hydrogen-bond donors (Lipinski definition) is 0. The van der Waals surface area contributed by atoms with Gasteiger partial charge < -0.3 is 4.74 Å². The zero-order valence-corrected chi connectivity index (χ0v) is 22.0. The lowest BCUT2D eigenvalue weighted by Crippen LogP contribution is -2.39. The van der Waals surface area contributed by atoms with Crippen LogP contribution in [0.25, 0.3) is 23.0 Å². The highest BCUT2D eigenvalue weighted by Gasteiger charge is 2.37. The molecule has 184 valence electrons. The lowest BCUT2D eigenvalue weighted by atomic mass is 9.94. The molecule has 1 saturated carbocycles. The predicted molar refractivity (Wildman–Crippen MR) is 151 cm³/mol. The van der Waals surface area contributed by atoms with Gasteiger partial charge in [0.2, 0.25) is 0 Å². The maximum Gasteiger partial charge on any atom is 0.266 e. The van der Waals surface area contributed by atoms with Gasteiger partial charge in [0.1, 0.15) is 22.4 Å². The fraction of sp³-hybridized carbons (Fsp3) is 0.276. The van der Waals surface area contributed by atoms with Crippen LogP contribution in [0.4, 0.5) is 0 Å². The standard InChI is InChI=1S/C29H29N3O2S2/c1-3-16-34-25-15-14-21(17-20(25)2)27-22(19-31(30-27)23-10-6-4-7-11-23)18-26-28(33)32(29(35)36-26)24-12-8-5-9-13-24/h3-4,6-7,10-11,14-15,17-19,24H,1,5,8-9,12-13,16H2,2H3. The maximum absolute atomic E-state index is 13.4. The van der Waals surface area contributed by atoms with Gasteiger partial charge >= 0.3 is 0 Å². The normalized spacial score (nSPS) is 17.7. The number of thioether (sulfide) groups is 1. The smallest absolute Gasteiger partial charge is 0.266 e. The number of carbonyl (C=O) groups excluding carboxylic acids is 1. The first-order chi connectivity index (χ1) is 17.5. The lowest BCUT2D eigenvalue weighted by Gasteiger charge is -2.29. The minimum absolute atomic E-state index is 0.0136. The number of ether oxygens (including phenoxy) is 1. The Labute approximate surface area is 221 Å². The van der Waals surface area contributed by atoms with Gasteiger partial charge in [-0.05, 0) is 61.7 Å². The number of benzene rings is 2. The van der Waals surface area contributed by atoms with E-state index in [1.165, 1.54) is 18.2 Å². The van der Waals surface area contributed by atoms with Gasteiger partial charge in [0, 0.05) is 23.4 Å². The van der Waals surface area contributed by atoms with Crippen LogP contribution in [0.2, 0.25) is 0 Å². The number of rotatable bonds is 7. The Bertz CT molecular complexity index is 1320. The molecule has 7 heteroatoms. The molecule has 0 N–H and O–H groups in total. The second-order valence-corrected chi connectivity index (χ2v) is 10.8. The summed E-state index contributed by atoms with van der Waals surface area (Å²) in [7, 11) is 0. The van der Waals surface area contributed by atoms with Crippen LogP contribution in [0.3, 0.4) is 0 Å². The van der Waals surface area contributed by atoms with E-state index in [1.807, 2.05) is 71.2 Å². The molecule has 5 rings (SSSR count). The van der Waals surface area contributed by atoms with Crippen molar-refractivity contribution in [2.24, 2.45) is 0 Å². The van der Waals surface area contributed by atoms with Crippen molar-refractivity contribution in [1.82, 2.24) is 14.7 Å². The van der Waals surface area contributed by atoms with Crippen LogP contribution >= 0.6 is 24.0 Å². The van der Waals surface area contributed by atoms with E-state index in [0.717, 1.165) is 59.5 Å². The van der Waals surface area contributed by atoms with Gasteiger partial charge in [0.05, 0.1) is 10.6 Å². The molecule has 1 amide bonds. The lowest BCUT2D eigenvalue weighted by molar-refractivity contribution is -0.124. The quantitative estimate of drug-likeness (QED) is 0.194. The number of nitrogens with zero attached hydrogens (tertiary/aromatic N) is 3. The zero-order chi connectivity index (χ0) is 25.1. The highest BCUT2D eigenvalue weighted by atomic mass is 32.2. The van der Waals surface area contributed by atoms with Crippen molar-refractivity contribution in [2.75, 3.05) is 6.61 Å². The third-order valence-electron chi connectivity index (χ3n) is 6.62. The van der Waals surface area contributed by atoms with Crippen LogP contribution in [0.5, 0.6) is 5.75 Å². The van der Waals surface area contributed by atoms with Gasteiger partial charge in [0.15, 0.2) is 0 Å². The highest BCUT2D eigenvalue weighted by molar-refractivity contribution is 8.26. The number of para-hydroxylation sites is 1. The van der Waals surface area contributed by atoms with Gasteiger partial charge in [0.25, 0.3) is 5.91 Å². The van der Waals surface area contributed by atoms with E-state index in [2.05, 4.69) is 12.6 Å². The molecule has 2 heterocycles. The van der Waals surface area contributed by atoms with Crippen molar-refractivity contribution in [3.05, 3.63) is 83.4 Å². The molecule has 0 spiro atoms. The molecule has 5 nitrogen and oxygen atoms in total. The first-order valence-electron chi connectivity index (χ1n) is 12.3. The average Bonchev–Trinajstić information content (AvgIpc) is 3.44. The monoisotopic (exact) mass is 515 g/mol. The Kier molecular flexibility index (Phi) is 7.39. The predicted octanol–water partition coefficient (Wildman–Crippen LogP) is 6.95. The maximum atomic E-state index is 13.4. The van der Waals surface area contributed by atoms with E-state index in [1.54, 1.807) is 6.08 Å². The van der Waals surface area contributed by atoms with Gasteiger partial charge in [-0.1, -0.05) is 74.1 Å². The number of thiocarbonyl (C=S) groups is 1. The van der Waals surface area contributed by atoms with Crippen molar-refractivity contribution < 1.29 is 9.53 Å². The summed E-state index contributed by atoms with van der Waals surface area (Å²) in [6.45, 7) is 6.20. The first kappa shape index (κ1) is 24.5. The number of amides is 1. The van der Waals surface area contributed by atoms with E-state index in [4.69, 9.17) is 22.1 Å². The average molecular weight is 516 g/mol. The van der Waals surface area contributed by atoms with E-state index in [-0.39, 0.29) is 11.9 Å². The molecule has 0 atom stereocenters. The van der Waals surface area contributed by atoms with Crippen LogP contribution in [0.15, 0.2) is 72.3 Å². The summed E-state index contributed by atoms with van der Waals surface area (Å²) in [5, 5.41) is 4.93. The molecular formula is C29H29N3O2S2. The Hall–Kier alpha value is -3.16. The molecule has 0 unspecified atom stereocenters. The van der Waals surface area contributed by atoms with Crippen LogP contribution < -0.4 is 4.74 Å². The third kappa shape index (κ3) is 5.04. The first-order valence-corrected chi connectivity index (χ1v) is 13.5. The number of hydrogen-bond acceptors (Lipinski definition) is 5. The minimum atomic E-state index is 0.0136. The van der Waals surface area contributed by atoms with Crippen molar-refractivity contribution in [1.29, 1.82) is 0 Å². The molecule has 0 radical (unpaired) electrons. The molecule has 1 aromatic heterocycles. The van der Waals surface area contributed by atoms with Crippen LogP contribution in [-0.4, -0.2) is 37.6 Å². The third-order valence-corrected chi connectivity index (χ3v) is 7.95. The topological polar surface area (TPSA) is 47.4 Å². The molecule has 1 aliphatic carbocycles. The van der Waals surface area contributed by atoms with Crippen molar-refractivity contribution in [3.8, 4) is 22.7 Å². The Morgan fingerprint density at radius 1 is 1.17 bits per heavy atom. The summed E-state index contributed by atoms with van der Waals surface area (Å²) >= 11 is 7.05. The molecule has 1 aliphatic heterocycles.